The van der Waals surface area contributed by atoms with Gasteiger partial charge in [-0.1, -0.05) is 24.3 Å². The topological polar surface area (TPSA) is 18.5 Å². The van der Waals surface area contributed by atoms with Crippen molar-refractivity contribution >= 4 is 21.5 Å². The highest BCUT2D eigenvalue weighted by Crippen LogP contribution is 2.44. The Balaban J connectivity index is 1.54. The van der Waals surface area contributed by atoms with Crippen molar-refractivity contribution in [1.82, 2.24) is 0 Å². The summed E-state index contributed by atoms with van der Waals surface area (Å²) < 4.78 is 65.0. The zero-order valence-corrected chi connectivity index (χ0v) is 19.6. The standard InChI is InChI=1S/C29H26F4O2/c1-34-26-8-4-7-23-22-13-12-20-17(5-3-6-21(20)24(22)16-27(35-2)28(23)26)9-10-18-15-19(29(31,32)33)11-14-25(18)30/h4,7-8,11-17H,3,5-6,9-10H2,1-2H3/t17-/m0/s1. The van der Waals surface area contributed by atoms with Crippen LogP contribution in [-0.2, 0) is 19.0 Å². The van der Waals surface area contributed by atoms with Crippen LogP contribution in [0.1, 0.15) is 47.4 Å². The summed E-state index contributed by atoms with van der Waals surface area (Å²) in [6.07, 6.45) is -0.813. The van der Waals surface area contributed by atoms with E-state index >= 15 is 0 Å². The predicted molar refractivity (Wildman–Crippen MR) is 130 cm³/mol. The third kappa shape index (κ3) is 4.19. The van der Waals surface area contributed by atoms with Gasteiger partial charge >= 0.3 is 6.18 Å². The van der Waals surface area contributed by atoms with Crippen LogP contribution in [0.3, 0.4) is 0 Å². The Bertz CT molecular complexity index is 1410. The van der Waals surface area contributed by atoms with Crippen LogP contribution in [-0.4, -0.2) is 14.2 Å². The van der Waals surface area contributed by atoms with Crippen LogP contribution in [0.4, 0.5) is 17.6 Å². The van der Waals surface area contributed by atoms with Crippen molar-refractivity contribution in [2.45, 2.75) is 44.2 Å². The summed E-state index contributed by atoms with van der Waals surface area (Å²) in [5.41, 5.74) is 1.75. The lowest BCUT2D eigenvalue weighted by Gasteiger charge is -2.28. The lowest BCUT2D eigenvalue weighted by molar-refractivity contribution is -0.137. The minimum atomic E-state index is -4.48. The Hall–Kier alpha value is -3.28. The fourth-order valence-electron chi connectivity index (χ4n) is 5.54. The van der Waals surface area contributed by atoms with Gasteiger partial charge in [-0.15, -0.1) is 0 Å². The highest BCUT2D eigenvalue weighted by atomic mass is 19.4. The molecule has 0 aliphatic heterocycles. The molecule has 4 aromatic carbocycles. The molecule has 0 aromatic heterocycles. The van der Waals surface area contributed by atoms with E-state index in [1.807, 2.05) is 12.1 Å². The van der Waals surface area contributed by atoms with Crippen molar-refractivity contribution in [3.63, 3.8) is 0 Å². The lowest BCUT2D eigenvalue weighted by Crippen LogP contribution is -2.12. The summed E-state index contributed by atoms with van der Waals surface area (Å²) in [6.45, 7) is 0. The minimum absolute atomic E-state index is 0.118. The molecule has 0 saturated heterocycles. The molecule has 0 heterocycles. The lowest BCUT2D eigenvalue weighted by atomic mass is 9.77. The third-order valence-electron chi connectivity index (χ3n) is 7.23. The molecule has 1 aliphatic carbocycles. The smallest absolute Gasteiger partial charge is 0.416 e. The number of hydrogen-bond acceptors (Lipinski definition) is 2. The highest BCUT2D eigenvalue weighted by molar-refractivity contribution is 6.13. The van der Waals surface area contributed by atoms with Crippen molar-refractivity contribution in [3.05, 3.63) is 82.7 Å². The number of benzene rings is 4. The summed E-state index contributed by atoms with van der Waals surface area (Å²) in [7, 11) is 3.29. The van der Waals surface area contributed by atoms with Gasteiger partial charge in [-0.25, -0.2) is 4.39 Å². The van der Waals surface area contributed by atoms with E-state index in [2.05, 4.69) is 24.3 Å². The molecule has 0 amide bonds. The molecule has 0 fully saturated rings. The van der Waals surface area contributed by atoms with E-state index in [0.717, 1.165) is 70.5 Å². The summed E-state index contributed by atoms with van der Waals surface area (Å²) in [4.78, 5) is 0. The highest BCUT2D eigenvalue weighted by Gasteiger charge is 2.31. The first-order valence-corrected chi connectivity index (χ1v) is 11.8. The van der Waals surface area contributed by atoms with Crippen molar-refractivity contribution in [3.8, 4) is 11.5 Å². The maximum Gasteiger partial charge on any atom is 0.416 e. The number of aryl methyl sites for hydroxylation is 2. The maximum atomic E-state index is 14.3. The monoisotopic (exact) mass is 482 g/mol. The zero-order valence-electron chi connectivity index (χ0n) is 19.6. The summed E-state index contributed by atoms with van der Waals surface area (Å²) >= 11 is 0. The van der Waals surface area contributed by atoms with Gasteiger partial charge in [0.2, 0.25) is 0 Å². The van der Waals surface area contributed by atoms with E-state index in [1.165, 1.54) is 11.1 Å². The number of hydrogen-bond donors (Lipinski definition) is 0. The van der Waals surface area contributed by atoms with E-state index < -0.39 is 17.6 Å². The molecule has 0 unspecified atom stereocenters. The SMILES string of the molecule is COc1cccc2c1c(OC)cc1c3c(ccc12)[C@H](CCc1cc(C(F)(F)F)ccc1F)CCC3. The van der Waals surface area contributed by atoms with Gasteiger partial charge in [-0.2, -0.15) is 13.2 Å². The second kappa shape index (κ2) is 9.06. The molecular formula is C29H26F4O2. The molecule has 1 aliphatic rings. The van der Waals surface area contributed by atoms with Crippen LogP contribution < -0.4 is 9.47 Å². The molecule has 5 rings (SSSR count). The van der Waals surface area contributed by atoms with Crippen LogP contribution in [0.2, 0.25) is 0 Å². The molecule has 182 valence electrons. The van der Waals surface area contributed by atoms with E-state index in [9.17, 15) is 17.6 Å². The summed E-state index contributed by atoms with van der Waals surface area (Å²) in [5.74, 6) is 1.06. The minimum Gasteiger partial charge on any atom is -0.496 e. The van der Waals surface area contributed by atoms with Crippen molar-refractivity contribution < 1.29 is 27.0 Å². The van der Waals surface area contributed by atoms with Gasteiger partial charge in [0.1, 0.15) is 17.3 Å². The van der Waals surface area contributed by atoms with Crippen molar-refractivity contribution in [2.75, 3.05) is 14.2 Å². The Kier molecular flexibility index (Phi) is 6.07. The van der Waals surface area contributed by atoms with E-state index in [-0.39, 0.29) is 17.9 Å². The van der Waals surface area contributed by atoms with Gasteiger partial charge in [0.05, 0.1) is 25.2 Å². The van der Waals surface area contributed by atoms with Crippen LogP contribution >= 0.6 is 0 Å². The van der Waals surface area contributed by atoms with Gasteiger partial charge in [-0.3, -0.25) is 0 Å². The van der Waals surface area contributed by atoms with Gasteiger partial charge < -0.3 is 9.47 Å². The molecule has 0 saturated carbocycles. The van der Waals surface area contributed by atoms with E-state index in [1.54, 1.807) is 14.2 Å². The van der Waals surface area contributed by atoms with Gasteiger partial charge in [-0.05, 0) is 101 Å². The predicted octanol–water partition coefficient (Wildman–Crippen LogP) is 8.22. The number of methoxy groups -OCH3 is 2. The van der Waals surface area contributed by atoms with Crippen molar-refractivity contribution in [2.24, 2.45) is 0 Å². The Morgan fingerprint density at radius 3 is 2.43 bits per heavy atom. The van der Waals surface area contributed by atoms with Gasteiger partial charge in [0.15, 0.2) is 0 Å². The number of alkyl halides is 3. The van der Waals surface area contributed by atoms with Crippen LogP contribution in [0.15, 0.2) is 54.6 Å². The Morgan fingerprint density at radius 1 is 0.886 bits per heavy atom. The average molecular weight is 483 g/mol. The average Bonchev–Trinajstić information content (AvgIpc) is 2.86. The van der Waals surface area contributed by atoms with Gasteiger partial charge in [0.25, 0.3) is 0 Å². The number of fused-ring (bicyclic) bond motifs is 5. The maximum absolute atomic E-state index is 14.3. The molecule has 0 N–H and O–H groups in total. The first-order valence-electron chi connectivity index (χ1n) is 11.8. The molecule has 4 aromatic rings. The van der Waals surface area contributed by atoms with Crippen LogP contribution in [0, 0.1) is 5.82 Å². The molecule has 0 radical (unpaired) electrons. The number of ether oxygens (including phenoxy) is 2. The first kappa shape index (κ1) is 23.5. The molecular weight excluding hydrogens is 456 g/mol. The van der Waals surface area contributed by atoms with Gasteiger partial charge in [0, 0.05) is 0 Å². The molecule has 1 atom stereocenters. The third-order valence-corrected chi connectivity index (χ3v) is 7.23. The second-order valence-electron chi connectivity index (χ2n) is 9.12. The largest absolute Gasteiger partial charge is 0.496 e. The molecule has 2 nitrogen and oxygen atoms in total. The zero-order chi connectivity index (χ0) is 24.7. The second-order valence-corrected chi connectivity index (χ2v) is 9.12. The molecule has 6 heteroatoms. The molecule has 0 spiro atoms. The normalized spacial score (nSPS) is 15.9. The fraction of sp³-hybridized carbons (Fsp3) is 0.310. The quantitative estimate of drug-likeness (QED) is 0.211. The number of halogens is 4. The van der Waals surface area contributed by atoms with Crippen LogP contribution in [0.25, 0.3) is 21.5 Å². The fourth-order valence-corrected chi connectivity index (χ4v) is 5.54. The summed E-state index contributed by atoms with van der Waals surface area (Å²) in [5, 5.41) is 4.21. The van der Waals surface area contributed by atoms with E-state index in [0.29, 0.717) is 6.42 Å². The Morgan fingerprint density at radius 2 is 1.69 bits per heavy atom. The summed E-state index contributed by atoms with van der Waals surface area (Å²) in [6, 6.07) is 14.9. The van der Waals surface area contributed by atoms with E-state index in [4.69, 9.17) is 9.47 Å². The molecule has 0 bridgehead atoms. The Labute approximate surface area is 201 Å². The van der Waals surface area contributed by atoms with Crippen molar-refractivity contribution in [1.29, 1.82) is 0 Å². The first-order chi connectivity index (χ1) is 16.8. The van der Waals surface area contributed by atoms with Crippen LogP contribution in [0.5, 0.6) is 11.5 Å². The molecule has 35 heavy (non-hydrogen) atoms. The number of rotatable bonds is 5.